The molecule has 0 aromatic carbocycles. The van der Waals surface area contributed by atoms with Gasteiger partial charge in [0.1, 0.15) is 23.8 Å². The normalized spacial score (nSPS) is 16.5. The lowest BCUT2D eigenvalue weighted by Gasteiger charge is -2.29. The van der Waals surface area contributed by atoms with E-state index in [2.05, 4.69) is 43.4 Å². The number of halogens is 6. The van der Waals surface area contributed by atoms with Crippen molar-refractivity contribution in [2.75, 3.05) is 11.9 Å². The summed E-state index contributed by atoms with van der Waals surface area (Å²) in [6.07, 6.45) is 1.43. The van der Waals surface area contributed by atoms with Crippen molar-refractivity contribution in [2.45, 2.75) is 70.6 Å². The summed E-state index contributed by atoms with van der Waals surface area (Å²) in [6.45, 7) is 5.69. The molecule has 1 saturated carbocycles. The molecule has 3 N–H and O–H groups in total. The summed E-state index contributed by atoms with van der Waals surface area (Å²) < 4.78 is 75.5. The Hall–Kier alpha value is -4.91. The van der Waals surface area contributed by atoms with Gasteiger partial charge in [0.05, 0.1) is 17.8 Å². The molecule has 0 saturated heterocycles. The van der Waals surface area contributed by atoms with E-state index in [1.807, 2.05) is 32.6 Å². The van der Waals surface area contributed by atoms with E-state index in [4.69, 9.17) is 29.6 Å². The number of aryl methyl sites for hydroxylation is 2. The SMILES string of the molecule is CCNc1cc2c(cn1)c(-c1cnn(C)c1)nn2C1CCC(Oc2cnnn2CC)CC1.O=C(O)C(F)(F)F.O=C(O)C(F)(F)F. The molecular formula is C26H31F6N9O5. The molecule has 0 atom stereocenters. The van der Waals surface area contributed by atoms with Crippen LogP contribution in [0.15, 0.2) is 30.9 Å². The molecule has 0 unspecified atom stereocenters. The highest BCUT2D eigenvalue weighted by atomic mass is 19.4. The third-order valence-electron chi connectivity index (χ3n) is 6.57. The Morgan fingerprint density at radius 2 is 1.61 bits per heavy atom. The fourth-order valence-electron chi connectivity index (χ4n) is 4.48. The second-order valence-corrected chi connectivity index (χ2v) is 9.86. The van der Waals surface area contributed by atoms with Gasteiger partial charge in [-0.15, -0.1) is 5.10 Å². The maximum Gasteiger partial charge on any atom is 0.490 e. The van der Waals surface area contributed by atoms with E-state index >= 15 is 0 Å². The fraction of sp³-hybridized carbons (Fsp3) is 0.500. The van der Waals surface area contributed by atoms with Crippen molar-refractivity contribution in [3.8, 4) is 17.1 Å². The van der Waals surface area contributed by atoms with Crippen molar-refractivity contribution in [2.24, 2.45) is 7.05 Å². The highest BCUT2D eigenvalue weighted by Crippen LogP contribution is 2.36. The monoisotopic (exact) mass is 663 g/mol. The van der Waals surface area contributed by atoms with Crippen LogP contribution >= 0.6 is 0 Å². The van der Waals surface area contributed by atoms with E-state index < -0.39 is 24.3 Å². The average Bonchev–Trinajstić information content (AvgIpc) is 3.71. The maximum atomic E-state index is 10.6. The van der Waals surface area contributed by atoms with Gasteiger partial charge in [0, 0.05) is 49.5 Å². The highest BCUT2D eigenvalue weighted by molar-refractivity contribution is 5.93. The molecule has 252 valence electrons. The first kappa shape index (κ1) is 35.6. The van der Waals surface area contributed by atoms with Crippen LogP contribution in [0, 0.1) is 0 Å². The molecule has 5 rings (SSSR count). The van der Waals surface area contributed by atoms with Crippen LogP contribution in [0.3, 0.4) is 0 Å². The first-order valence-electron chi connectivity index (χ1n) is 13.8. The second kappa shape index (κ2) is 14.9. The minimum absolute atomic E-state index is 0.175. The van der Waals surface area contributed by atoms with Gasteiger partial charge in [-0.25, -0.2) is 19.3 Å². The number of hydrogen-bond acceptors (Lipinski definition) is 9. The zero-order chi connectivity index (χ0) is 34.2. The van der Waals surface area contributed by atoms with Crippen LogP contribution in [0.5, 0.6) is 5.88 Å². The molecule has 1 aliphatic rings. The predicted octanol–water partition coefficient (Wildman–Crippen LogP) is 4.70. The number of ether oxygens (including phenoxy) is 1. The van der Waals surface area contributed by atoms with Crippen molar-refractivity contribution < 1.29 is 50.9 Å². The summed E-state index contributed by atoms with van der Waals surface area (Å²) in [5, 5.41) is 36.0. The number of hydrogen-bond donors (Lipinski definition) is 3. The van der Waals surface area contributed by atoms with Gasteiger partial charge in [0.25, 0.3) is 0 Å². The van der Waals surface area contributed by atoms with Crippen LogP contribution in [-0.4, -0.2) is 86.7 Å². The van der Waals surface area contributed by atoms with Gasteiger partial charge in [-0.1, -0.05) is 5.21 Å². The maximum absolute atomic E-state index is 10.6. The number of pyridine rings is 1. The zero-order valence-corrected chi connectivity index (χ0v) is 24.7. The Morgan fingerprint density at radius 1 is 1.00 bits per heavy atom. The zero-order valence-electron chi connectivity index (χ0n) is 24.7. The lowest BCUT2D eigenvalue weighted by molar-refractivity contribution is -0.193. The molecular weight excluding hydrogens is 632 g/mol. The van der Waals surface area contributed by atoms with Gasteiger partial charge in [-0.05, 0) is 39.5 Å². The van der Waals surface area contributed by atoms with E-state index in [-0.39, 0.29) is 6.10 Å². The van der Waals surface area contributed by atoms with E-state index in [1.165, 1.54) is 0 Å². The number of aliphatic carboxylic acids is 2. The first-order valence-corrected chi connectivity index (χ1v) is 13.8. The number of carboxylic acids is 2. The number of fused-ring (bicyclic) bond motifs is 1. The number of carboxylic acid groups (broad SMARTS) is 2. The minimum Gasteiger partial charge on any atom is -0.475 e. The summed E-state index contributed by atoms with van der Waals surface area (Å²) in [5.74, 6) is -3.89. The number of alkyl halides is 6. The van der Waals surface area contributed by atoms with Gasteiger partial charge in [0.15, 0.2) is 0 Å². The molecule has 0 spiro atoms. The highest BCUT2D eigenvalue weighted by Gasteiger charge is 2.39. The molecule has 1 aliphatic carbocycles. The number of anilines is 1. The minimum atomic E-state index is -5.08. The molecule has 20 heteroatoms. The summed E-state index contributed by atoms with van der Waals surface area (Å²) in [6, 6.07) is 2.42. The molecule has 0 amide bonds. The summed E-state index contributed by atoms with van der Waals surface area (Å²) >= 11 is 0. The third kappa shape index (κ3) is 9.30. The van der Waals surface area contributed by atoms with E-state index in [9.17, 15) is 26.3 Å². The molecule has 0 aliphatic heterocycles. The average molecular weight is 664 g/mol. The number of carbonyl (C=O) groups is 2. The smallest absolute Gasteiger partial charge is 0.475 e. The van der Waals surface area contributed by atoms with E-state index in [0.29, 0.717) is 6.04 Å². The van der Waals surface area contributed by atoms with Crippen molar-refractivity contribution in [1.82, 2.24) is 39.5 Å². The van der Waals surface area contributed by atoms with Gasteiger partial charge in [0.2, 0.25) is 5.88 Å². The molecule has 4 heterocycles. The van der Waals surface area contributed by atoms with Crippen LogP contribution < -0.4 is 10.1 Å². The van der Waals surface area contributed by atoms with Gasteiger partial charge >= 0.3 is 24.3 Å². The summed E-state index contributed by atoms with van der Waals surface area (Å²) in [7, 11) is 1.92. The Kier molecular flexibility index (Phi) is 11.5. The molecule has 14 nitrogen and oxygen atoms in total. The van der Waals surface area contributed by atoms with Crippen LogP contribution in [0.1, 0.15) is 45.6 Å². The standard InChI is InChI=1S/C22H29N9O.2C2HF3O2/c1-4-23-20-10-19-18(12-24-20)22(15-11-26-29(3)14-15)27-31(19)16-6-8-17(9-7-16)32-21-13-25-28-30(21)5-2;2*3-2(4,5)1(6)7/h10-14,16-17H,4-9H2,1-3H3,(H,23,24);2*(H,6,7). The Morgan fingerprint density at radius 3 is 2.11 bits per heavy atom. The molecule has 4 aromatic heterocycles. The molecule has 0 bridgehead atoms. The lowest BCUT2D eigenvalue weighted by atomic mass is 9.93. The van der Waals surface area contributed by atoms with Crippen molar-refractivity contribution in [3.63, 3.8) is 0 Å². The molecule has 0 radical (unpaired) electrons. The summed E-state index contributed by atoms with van der Waals surface area (Å²) in [5.41, 5.74) is 3.04. The van der Waals surface area contributed by atoms with Crippen molar-refractivity contribution in [1.29, 1.82) is 0 Å². The van der Waals surface area contributed by atoms with Gasteiger partial charge < -0.3 is 20.3 Å². The van der Waals surface area contributed by atoms with E-state index in [1.54, 1.807) is 15.6 Å². The largest absolute Gasteiger partial charge is 0.490 e. The van der Waals surface area contributed by atoms with Crippen LogP contribution in [0.4, 0.5) is 32.2 Å². The molecule has 46 heavy (non-hydrogen) atoms. The number of aromatic nitrogens is 8. The van der Waals surface area contributed by atoms with Crippen LogP contribution in [-0.2, 0) is 23.2 Å². The van der Waals surface area contributed by atoms with Gasteiger partial charge in [-0.3, -0.25) is 9.36 Å². The van der Waals surface area contributed by atoms with Crippen molar-refractivity contribution in [3.05, 3.63) is 30.9 Å². The second-order valence-electron chi connectivity index (χ2n) is 9.86. The van der Waals surface area contributed by atoms with Gasteiger partial charge in [-0.2, -0.15) is 36.5 Å². The van der Waals surface area contributed by atoms with Crippen LogP contribution in [0.2, 0.25) is 0 Å². The number of nitrogens with one attached hydrogen (secondary N) is 1. The molecule has 4 aromatic rings. The number of nitrogens with zero attached hydrogens (tertiary/aromatic N) is 8. The fourth-order valence-corrected chi connectivity index (χ4v) is 4.48. The summed E-state index contributed by atoms with van der Waals surface area (Å²) in [4.78, 5) is 22.4. The Balaban J connectivity index is 0.000000345. The predicted molar refractivity (Wildman–Crippen MR) is 149 cm³/mol. The van der Waals surface area contributed by atoms with Crippen molar-refractivity contribution >= 4 is 28.7 Å². The quantitative estimate of drug-likeness (QED) is 0.234. The third-order valence-corrected chi connectivity index (χ3v) is 6.57. The number of rotatable bonds is 7. The van der Waals surface area contributed by atoms with E-state index in [0.717, 1.165) is 72.6 Å². The molecule has 1 fully saturated rings. The van der Waals surface area contributed by atoms with Crippen LogP contribution in [0.25, 0.3) is 22.2 Å². The first-order chi connectivity index (χ1) is 21.5. The lowest BCUT2D eigenvalue weighted by Crippen LogP contribution is -2.27. The Labute approximate surface area is 257 Å². The Bertz CT molecular complexity index is 1580. The topological polar surface area (TPSA) is 175 Å².